The molecule has 0 saturated carbocycles. The summed E-state index contributed by atoms with van der Waals surface area (Å²) in [5.74, 6) is -0.427. The molecular formula is C25H24FN5O2. The number of rotatable bonds is 5. The average Bonchev–Trinajstić information content (AvgIpc) is 3.17. The Bertz CT molecular complexity index is 1260. The number of anilines is 1. The number of aliphatic imine (C=N–C) groups is 1. The van der Waals surface area contributed by atoms with E-state index in [-0.39, 0.29) is 29.0 Å². The third-order valence-electron chi connectivity index (χ3n) is 5.90. The second-order valence-electron chi connectivity index (χ2n) is 8.16. The first-order chi connectivity index (χ1) is 16.1. The molecule has 3 aromatic rings. The number of benzene rings is 2. The minimum atomic E-state index is -0.427. The predicted octanol–water partition coefficient (Wildman–Crippen LogP) is 3.33. The lowest BCUT2D eigenvalue weighted by atomic mass is 10.2. The second-order valence-corrected chi connectivity index (χ2v) is 8.16. The lowest BCUT2D eigenvalue weighted by Gasteiger charge is -2.34. The number of hydrogen-bond donors (Lipinski definition) is 1. The molecule has 2 fully saturated rings. The third kappa shape index (κ3) is 4.42. The van der Waals surface area contributed by atoms with Gasteiger partial charge in [0.15, 0.2) is 11.5 Å². The highest BCUT2D eigenvalue weighted by Gasteiger charge is 2.33. The average molecular weight is 445 g/mol. The first-order valence-electron chi connectivity index (χ1n) is 10.9. The Morgan fingerprint density at radius 3 is 2.58 bits per heavy atom. The molecule has 5 rings (SSSR count). The van der Waals surface area contributed by atoms with Crippen LogP contribution in [0.4, 0.5) is 15.8 Å². The molecule has 2 saturated heterocycles. The second kappa shape index (κ2) is 8.99. The molecule has 0 radical (unpaired) electrons. The van der Waals surface area contributed by atoms with Crippen LogP contribution in [0.3, 0.4) is 0 Å². The number of nitrogens with zero attached hydrogens (tertiary/aromatic N) is 4. The summed E-state index contributed by atoms with van der Waals surface area (Å²) in [7, 11) is 0. The van der Waals surface area contributed by atoms with E-state index >= 15 is 4.39 Å². The van der Waals surface area contributed by atoms with Crippen molar-refractivity contribution in [1.29, 1.82) is 0 Å². The molecular weight excluding hydrogens is 421 g/mol. The number of aromatic nitrogens is 2. The first-order valence-corrected chi connectivity index (χ1v) is 10.9. The van der Waals surface area contributed by atoms with Gasteiger partial charge in [-0.2, -0.15) is 5.10 Å². The fourth-order valence-corrected chi connectivity index (χ4v) is 4.33. The van der Waals surface area contributed by atoms with Crippen LogP contribution in [0.1, 0.15) is 18.5 Å². The lowest BCUT2D eigenvalue weighted by molar-refractivity contribution is 0.0305. The maximum Gasteiger partial charge on any atom is 0.209 e. The molecule has 33 heavy (non-hydrogen) atoms. The summed E-state index contributed by atoms with van der Waals surface area (Å²) in [5, 5.41) is 4.39. The van der Waals surface area contributed by atoms with Crippen LogP contribution in [0.25, 0.3) is 5.69 Å². The monoisotopic (exact) mass is 445 g/mol. The fourth-order valence-electron chi connectivity index (χ4n) is 4.33. The van der Waals surface area contributed by atoms with E-state index in [9.17, 15) is 4.79 Å². The van der Waals surface area contributed by atoms with Crippen molar-refractivity contribution in [2.45, 2.75) is 25.0 Å². The Morgan fingerprint density at radius 2 is 1.88 bits per heavy atom. The van der Waals surface area contributed by atoms with Gasteiger partial charge in [0.1, 0.15) is 5.69 Å². The standard InChI is InChI=1S/C25H24FN5O2/c26-21-14-18(30-15-19-7-8-20(16-30)33-19)6-9-23(21)31-13-11-24(32)25(29-31)22(10-12-27)28-17-4-2-1-3-5-17/h1-6,9-14,19-20H,7-8,15-16,27H2. The zero-order chi connectivity index (χ0) is 22.8. The third-order valence-corrected chi connectivity index (χ3v) is 5.90. The van der Waals surface area contributed by atoms with Crippen LogP contribution in [-0.2, 0) is 4.74 Å². The van der Waals surface area contributed by atoms with Gasteiger partial charge in [0.2, 0.25) is 5.43 Å². The van der Waals surface area contributed by atoms with E-state index in [4.69, 9.17) is 10.5 Å². The fraction of sp³-hybridized carbons (Fsp3) is 0.240. The van der Waals surface area contributed by atoms with Gasteiger partial charge in [-0.15, -0.1) is 0 Å². The quantitative estimate of drug-likeness (QED) is 0.609. The van der Waals surface area contributed by atoms with Gasteiger partial charge in [-0.1, -0.05) is 18.2 Å². The van der Waals surface area contributed by atoms with E-state index in [1.165, 1.54) is 35.3 Å². The van der Waals surface area contributed by atoms with Crippen LogP contribution >= 0.6 is 0 Å². The van der Waals surface area contributed by atoms with Gasteiger partial charge < -0.3 is 15.4 Å². The topological polar surface area (TPSA) is 85.7 Å². The number of para-hydroxylation sites is 1. The smallest absolute Gasteiger partial charge is 0.209 e. The molecule has 0 amide bonds. The highest BCUT2D eigenvalue weighted by atomic mass is 19.1. The molecule has 2 unspecified atom stereocenters. The highest BCUT2D eigenvalue weighted by molar-refractivity contribution is 6.08. The van der Waals surface area contributed by atoms with Crippen LogP contribution < -0.4 is 16.1 Å². The van der Waals surface area contributed by atoms with Crippen molar-refractivity contribution in [2.24, 2.45) is 10.7 Å². The summed E-state index contributed by atoms with van der Waals surface area (Å²) >= 11 is 0. The molecule has 2 aromatic carbocycles. The van der Waals surface area contributed by atoms with Crippen molar-refractivity contribution < 1.29 is 9.13 Å². The Kier molecular flexibility index (Phi) is 5.75. The van der Waals surface area contributed by atoms with Crippen molar-refractivity contribution in [3.05, 3.63) is 94.8 Å². The zero-order valence-corrected chi connectivity index (χ0v) is 18.0. The van der Waals surface area contributed by atoms with Crippen molar-refractivity contribution in [2.75, 3.05) is 18.0 Å². The molecule has 8 heteroatoms. The molecule has 3 heterocycles. The minimum Gasteiger partial charge on any atom is -0.405 e. The number of fused-ring (bicyclic) bond motifs is 2. The number of hydrogen-bond acceptors (Lipinski definition) is 6. The number of ether oxygens (including phenoxy) is 1. The van der Waals surface area contributed by atoms with E-state index < -0.39 is 5.82 Å². The van der Waals surface area contributed by atoms with Gasteiger partial charge >= 0.3 is 0 Å². The number of allylic oxidation sites excluding steroid dienone is 1. The van der Waals surface area contributed by atoms with Gasteiger partial charge in [0.25, 0.3) is 0 Å². The Balaban J connectivity index is 1.48. The summed E-state index contributed by atoms with van der Waals surface area (Å²) in [6, 6.07) is 15.6. The van der Waals surface area contributed by atoms with E-state index in [2.05, 4.69) is 15.0 Å². The highest BCUT2D eigenvalue weighted by Crippen LogP contribution is 2.30. The molecule has 2 atom stereocenters. The molecule has 168 valence electrons. The largest absolute Gasteiger partial charge is 0.405 e. The van der Waals surface area contributed by atoms with E-state index in [1.807, 2.05) is 36.4 Å². The Hall–Kier alpha value is -3.78. The predicted molar refractivity (Wildman–Crippen MR) is 126 cm³/mol. The van der Waals surface area contributed by atoms with Crippen LogP contribution in [-0.4, -0.2) is 40.8 Å². The van der Waals surface area contributed by atoms with E-state index in [0.29, 0.717) is 11.4 Å². The number of nitrogens with two attached hydrogens (primary N) is 1. The summed E-state index contributed by atoms with van der Waals surface area (Å²) in [4.78, 5) is 19.2. The molecule has 2 bridgehead atoms. The lowest BCUT2D eigenvalue weighted by Crippen LogP contribution is -2.42. The number of morpholine rings is 1. The molecule has 2 N–H and O–H groups in total. The van der Waals surface area contributed by atoms with Gasteiger partial charge in [0.05, 0.1) is 23.6 Å². The summed E-state index contributed by atoms with van der Waals surface area (Å²) in [6.45, 7) is 1.53. The normalized spacial score (nSPS) is 20.5. The molecule has 1 aromatic heterocycles. The van der Waals surface area contributed by atoms with Crippen molar-refractivity contribution >= 4 is 17.1 Å². The number of halogens is 1. The minimum absolute atomic E-state index is 0.0799. The summed E-state index contributed by atoms with van der Waals surface area (Å²) in [6.07, 6.45) is 6.79. The van der Waals surface area contributed by atoms with Crippen molar-refractivity contribution in [3.8, 4) is 5.69 Å². The zero-order valence-electron chi connectivity index (χ0n) is 18.0. The molecule has 2 aliphatic rings. The maximum atomic E-state index is 15.2. The van der Waals surface area contributed by atoms with E-state index in [0.717, 1.165) is 31.6 Å². The van der Waals surface area contributed by atoms with Gasteiger partial charge in [-0.3, -0.25) is 4.79 Å². The molecule has 2 aliphatic heterocycles. The van der Waals surface area contributed by atoms with Crippen molar-refractivity contribution in [1.82, 2.24) is 9.78 Å². The summed E-state index contributed by atoms with van der Waals surface area (Å²) in [5.41, 5.74) is 7.33. The molecule has 7 nitrogen and oxygen atoms in total. The summed E-state index contributed by atoms with van der Waals surface area (Å²) < 4.78 is 22.4. The molecule has 0 aliphatic carbocycles. The van der Waals surface area contributed by atoms with Crippen LogP contribution in [0.5, 0.6) is 0 Å². The first kappa shape index (κ1) is 21.1. The Labute approximate surface area is 190 Å². The van der Waals surface area contributed by atoms with E-state index in [1.54, 1.807) is 6.07 Å². The Morgan fingerprint density at radius 1 is 1.12 bits per heavy atom. The van der Waals surface area contributed by atoms with Crippen molar-refractivity contribution in [3.63, 3.8) is 0 Å². The van der Waals surface area contributed by atoms with Crippen LogP contribution in [0, 0.1) is 5.82 Å². The van der Waals surface area contributed by atoms with Crippen LogP contribution in [0.15, 0.2) is 82.9 Å². The van der Waals surface area contributed by atoms with Crippen LogP contribution in [0.2, 0.25) is 0 Å². The molecule has 0 spiro atoms. The van der Waals surface area contributed by atoms with Gasteiger partial charge in [-0.25, -0.2) is 14.1 Å². The van der Waals surface area contributed by atoms with Gasteiger partial charge in [-0.05, 0) is 55.4 Å². The van der Waals surface area contributed by atoms with Gasteiger partial charge in [0, 0.05) is 31.0 Å². The SMILES string of the molecule is NC=CC(=Nc1ccccc1)c1nn(-c2ccc(N3CC4CCC(C3)O4)cc2F)ccc1=O. The maximum absolute atomic E-state index is 15.2.